The van der Waals surface area contributed by atoms with Gasteiger partial charge in [0.25, 0.3) is 5.56 Å². The average Bonchev–Trinajstić information content (AvgIpc) is 3.50. The minimum Gasteiger partial charge on any atom is -0.491 e. The highest BCUT2D eigenvalue weighted by molar-refractivity contribution is 7.91. The molecule has 0 saturated carbocycles. The van der Waals surface area contributed by atoms with E-state index in [-0.39, 0.29) is 28.1 Å². The number of aromatic nitrogens is 4. The van der Waals surface area contributed by atoms with Crippen molar-refractivity contribution in [2.24, 2.45) is 0 Å². The molecule has 0 amide bonds. The predicted octanol–water partition coefficient (Wildman–Crippen LogP) is 2.77. The Kier molecular flexibility index (Phi) is 5.47. The Labute approximate surface area is 193 Å². The molecule has 1 aliphatic heterocycles. The number of pyridine rings is 1. The van der Waals surface area contributed by atoms with Crippen LogP contribution in [0.1, 0.15) is 29.4 Å². The summed E-state index contributed by atoms with van der Waals surface area (Å²) in [7, 11) is -2.30. The van der Waals surface area contributed by atoms with Gasteiger partial charge in [-0.2, -0.15) is 5.10 Å². The number of thiazole rings is 1. The third kappa shape index (κ3) is 3.92. The van der Waals surface area contributed by atoms with Gasteiger partial charge in [-0.3, -0.25) is 9.78 Å². The molecule has 3 aromatic heterocycles. The summed E-state index contributed by atoms with van der Waals surface area (Å²) >= 11 is 1.23. The second kappa shape index (κ2) is 8.32. The van der Waals surface area contributed by atoms with Gasteiger partial charge in [0.15, 0.2) is 5.03 Å². The van der Waals surface area contributed by atoms with Crippen molar-refractivity contribution in [3.8, 4) is 5.75 Å². The first-order valence-corrected chi connectivity index (χ1v) is 12.6. The summed E-state index contributed by atoms with van der Waals surface area (Å²) in [5.41, 5.74) is 1.26. The van der Waals surface area contributed by atoms with Gasteiger partial charge in [-0.15, -0.1) is 11.3 Å². The smallest absolute Gasteiger partial charge is 0.274 e. The molecule has 0 bridgehead atoms. The summed E-state index contributed by atoms with van der Waals surface area (Å²) in [6, 6.07) is 8.05. The summed E-state index contributed by atoms with van der Waals surface area (Å²) in [5, 5.41) is 7.08. The summed E-state index contributed by atoms with van der Waals surface area (Å²) < 4.78 is 38.1. The summed E-state index contributed by atoms with van der Waals surface area (Å²) in [4.78, 5) is 21.8. The van der Waals surface area contributed by atoms with Crippen LogP contribution < -0.4 is 10.3 Å². The van der Waals surface area contributed by atoms with Gasteiger partial charge in [-0.25, -0.2) is 18.1 Å². The van der Waals surface area contributed by atoms with Gasteiger partial charge >= 0.3 is 0 Å². The predicted molar refractivity (Wildman–Crippen MR) is 122 cm³/mol. The van der Waals surface area contributed by atoms with Crippen molar-refractivity contribution in [2.45, 2.75) is 35.9 Å². The van der Waals surface area contributed by atoms with Gasteiger partial charge in [-0.05, 0) is 37.3 Å². The maximum atomic E-state index is 13.1. The molecule has 0 fully saturated rings. The molecule has 5 rings (SSSR count). The first kappa shape index (κ1) is 21.7. The highest BCUT2D eigenvalue weighted by Crippen LogP contribution is 2.28. The second-order valence-corrected chi connectivity index (χ2v) is 10.4. The number of nitrogens with zero attached hydrogens (tertiary/aromatic N) is 4. The van der Waals surface area contributed by atoms with Crippen LogP contribution in [0, 0.1) is 0 Å². The van der Waals surface area contributed by atoms with Crippen molar-refractivity contribution in [1.29, 1.82) is 0 Å². The van der Waals surface area contributed by atoms with Crippen molar-refractivity contribution in [3.05, 3.63) is 68.7 Å². The van der Waals surface area contributed by atoms with E-state index in [2.05, 4.69) is 15.1 Å². The molecule has 0 aliphatic carbocycles. The zero-order chi connectivity index (χ0) is 23.2. The highest BCUT2D eigenvalue weighted by atomic mass is 32.2. The fourth-order valence-electron chi connectivity index (χ4n) is 3.59. The molecule has 0 saturated heterocycles. The van der Waals surface area contributed by atoms with Gasteiger partial charge in [0.2, 0.25) is 9.84 Å². The van der Waals surface area contributed by atoms with E-state index in [9.17, 15) is 13.2 Å². The van der Waals surface area contributed by atoms with Gasteiger partial charge in [0, 0.05) is 24.3 Å². The molecule has 1 aliphatic rings. The topological polar surface area (TPSA) is 113 Å². The van der Waals surface area contributed by atoms with E-state index >= 15 is 0 Å². The fraction of sp³-hybridized carbons (Fsp3) is 0.273. The number of benzene rings is 1. The summed E-state index contributed by atoms with van der Waals surface area (Å²) in [6.07, 6.45) is 1.93. The van der Waals surface area contributed by atoms with Crippen LogP contribution in [0.25, 0.3) is 10.8 Å². The van der Waals surface area contributed by atoms with Gasteiger partial charge in [0.1, 0.15) is 16.9 Å². The maximum absolute atomic E-state index is 13.1. The Morgan fingerprint density at radius 3 is 2.91 bits per heavy atom. The van der Waals surface area contributed by atoms with Crippen molar-refractivity contribution in [3.63, 3.8) is 0 Å². The van der Waals surface area contributed by atoms with Gasteiger partial charge < -0.3 is 9.47 Å². The van der Waals surface area contributed by atoms with Crippen LogP contribution in [0.5, 0.6) is 5.75 Å². The molecule has 33 heavy (non-hydrogen) atoms. The van der Waals surface area contributed by atoms with E-state index in [0.717, 1.165) is 17.9 Å². The van der Waals surface area contributed by atoms with Crippen LogP contribution in [-0.2, 0) is 27.5 Å². The Morgan fingerprint density at radius 1 is 1.24 bits per heavy atom. The van der Waals surface area contributed by atoms with Gasteiger partial charge in [0.05, 0.1) is 41.0 Å². The van der Waals surface area contributed by atoms with Crippen LogP contribution in [0.15, 0.2) is 56.6 Å². The largest absolute Gasteiger partial charge is 0.491 e. The molecule has 1 aromatic carbocycles. The third-order valence-electron chi connectivity index (χ3n) is 5.51. The minimum absolute atomic E-state index is 0.0429. The zero-order valence-electron chi connectivity index (χ0n) is 17.9. The minimum atomic E-state index is -3.84. The number of ether oxygens (including phenoxy) is 2. The molecule has 1 unspecified atom stereocenters. The standard InChI is InChI=1S/C22H20N4O5S2/c1-13(30-2)21-25-20(12-32-21)33(28,29)16-4-5-17-14(9-16)10-23-26(22(17)27)11-15-3-6-19-18(24-15)7-8-31-19/h3-6,9-10,12-13H,7-8,11H2,1-2H3. The second-order valence-electron chi connectivity index (χ2n) is 7.61. The van der Waals surface area contributed by atoms with Crippen molar-refractivity contribution >= 4 is 31.9 Å². The van der Waals surface area contributed by atoms with Crippen molar-refractivity contribution in [2.75, 3.05) is 13.7 Å². The Bertz CT molecular complexity index is 1530. The van der Waals surface area contributed by atoms with E-state index in [1.807, 2.05) is 12.1 Å². The molecule has 4 aromatic rings. The molecular formula is C22H20N4O5S2. The van der Waals surface area contributed by atoms with E-state index in [0.29, 0.717) is 28.1 Å². The lowest BCUT2D eigenvalue weighted by atomic mass is 10.2. The number of fused-ring (bicyclic) bond motifs is 2. The SMILES string of the molecule is COC(C)c1nc(S(=O)(=O)c2ccc3c(=O)n(Cc4ccc5c(n4)CCO5)ncc3c2)cs1. The maximum Gasteiger partial charge on any atom is 0.274 e. The molecular weight excluding hydrogens is 464 g/mol. The van der Waals surface area contributed by atoms with Crippen LogP contribution in [-0.4, -0.2) is 41.9 Å². The number of sulfone groups is 1. The Balaban J connectivity index is 1.47. The molecule has 0 N–H and O–H groups in total. The third-order valence-corrected chi connectivity index (χ3v) is 8.30. The molecule has 170 valence electrons. The molecule has 0 spiro atoms. The van der Waals surface area contributed by atoms with Crippen LogP contribution in [0.4, 0.5) is 0 Å². The molecule has 0 radical (unpaired) electrons. The number of methoxy groups -OCH3 is 1. The average molecular weight is 485 g/mol. The lowest BCUT2D eigenvalue weighted by Crippen LogP contribution is -2.24. The normalized spacial score (nSPS) is 14.2. The molecule has 9 nitrogen and oxygen atoms in total. The number of hydrogen-bond donors (Lipinski definition) is 0. The first-order chi connectivity index (χ1) is 15.9. The summed E-state index contributed by atoms with van der Waals surface area (Å²) in [6.45, 7) is 2.62. The lowest BCUT2D eigenvalue weighted by Gasteiger charge is -2.08. The molecule has 1 atom stereocenters. The van der Waals surface area contributed by atoms with Crippen LogP contribution in [0.2, 0.25) is 0 Å². The Morgan fingerprint density at radius 2 is 2.09 bits per heavy atom. The molecule has 11 heteroatoms. The lowest BCUT2D eigenvalue weighted by molar-refractivity contribution is 0.119. The number of rotatable bonds is 6. The van der Waals surface area contributed by atoms with E-state index < -0.39 is 9.84 Å². The summed E-state index contributed by atoms with van der Waals surface area (Å²) in [5.74, 6) is 0.773. The van der Waals surface area contributed by atoms with E-state index in [1.165, 1.54) is 52.9 Å². The quantitative estimate of drug-likeness (QED) is 0.411. The Hall–Kier alpha value is -3.15. The first-order valence-electron chi connectivity index (χ1n) is 10.2. The van der Waals surface area contributed by atoms with Crippen LogP contribution >= 0.6 is 11.3 Å². The molecule has 4 heterocycles. The van der Waals surface area contributed by atoms with E-state index in [4.69, 9.17) is 9.47 Å². The monoisotopic (exact) mass is 484 g/mol. The highest BCUT2D eigenvalue weighted by Gasteiger charge is 2.23. The van der Waals surface area contributed by atoms with E-state index in [1.54, 1.807) is 6.92 Å². The van der Waals surface area contributed by atoms with Gasteiger partial charge in [-0.1, -0.05) is 0 Å². The number of hydrogen-bond acceptors (Lipinski definition) is 9. The van der Waals surface area contributed by atoms with Crippen molar-refractivity contribution in [1.82, 2.24) is 19.7 Å². The zero-order valence-corrected chi connectivity index (χ0v) is 19.5. The fourth-order valence-corrected chi connectivity index (χ4v) is 6.00. The van der Waals surface area contributed by atoms with Crippen LogP contribution in [0.3, 0.4) is 0 Å². The van der Waals surface area contributed by atoms with Crippen molar-refractivity contribution < 1.29 is 17.9 Å².